The van der Waals surface area contributed by atoms with E-state index in [1.165, 1.54) is 6.07 Å². The van der Waals surface area contributed by atoms with Crippen LogP contribution in [0.1, 0.15) is 31.2 Å². The number of sulfone groups is 1. The van der Waals surface area contributed by atoms with Gasteiger partial charge < -0.3 is 0 Å². The van der Waals surface area contributed by atoms with E-state index in [4.69, 9.17) is 0 Å². The molecule has 0 aromatic heterocycles. The minimum absolute atomic E-state index is 0.105. The van der Waals surface area contributed by atoms with Gasteiger partial charge in [-0.1, -0.05) is 34.8 Å². The summed E-state index contributed by atoms with van der Waals surface area (Å²) < 4.78 is 63.0. The van der Waals surface area contributed by atoms with Crippen LogP contribution >= 0.6 is 15.9 Å². The Labute approximate surface area is 130 Å². The summed E-state index contributed by atoms with van der Waals surface area (Å²) in [4.78, 5) is -0.246. The SMILES string of the molecule is O=S(=O)(CC1(CBr)CCCC1)c1cccc(C(F)(F)F)c1. The third-order valence-corrected chi connectivity index (χ3v) is 7.12. The minimum Gasteiger partial charge on any atom is -0.224 e. The second-order valence-corrected chi connectivity index (χ2v) is 8.18. The largest absolute Gasteiger partial charge is 0.416 e. The summed E-state index contributed by atoms with van der Waals surface area (Å²) in [6.45, 7) is 0. The molecule has 1 aliphatic carbocycles. The van der Waals surface area contributed by atoms with Crippen molar-refractivity contribution in [1.82, 2.24) is 0 Å². The average Bonchev–Trinajstić information content (AvgIpc) is 2.86. The van der Waals surface area contributed by atoms with E-state index in [0.717, 1.165) is 43.9 Å². The fourth-order valence-corrected chi connectivity index (χ4v) is 5.77. The normalized spacial score (nSPS) is 18.9. The molecule has 0 spiro atoms. The minimum atomic E-state index is -4.54. The predicted octanol–water partition coefficient (Wildman–Crippen LogP) is 4.43. The van der Waals surface area contributed by atoms with E-state index in [9.17, 15) is 21.6 Å². The smallest absolute Gasteiger partial charge is 0.224 e. The third kappa shape index (κ3) is 3.80. The van der Waals surface area contributed by atoms with Crippen molar-refractivity contribution in [3.8, 4) is 0 Å². The topological polar surface area (TPSA) is 34.1 Å². The molecule has 7 heteroatoms. The number of benzene rings is 1. The van der Waals surface area contributed by atoms with E-state index in [0.29, 0.717) is 5.33 Å². The Morgan fingerprint density at radius 2 is 1.81 bits per heavy atom. The zero-order chi connectivity index (χ0) is 15.7. The molecule has 0 radical (unpaired) electrons. The van der Waals surface area contributed by atoms with Crippen LogP contribution in [0.2, 0.25) is 0 Å². The van der Waals surface area contributed by atoms with Gasteiger partial charge in [0.25, 0.3) is 0 Å². The molecule has 2 nitrogen and oxygen atoms in total. The van der Waals surface area contributed by atoms with E-state index >= 15 is 0 Å². The molecule has 0 bridgehead atoms. The van der Waals surface area contributed by atoms with Gasteiger partial charge in [0.2, 0.25) is 0 Å². The summed E-state index contributed by atoms with van der Waals surface area (Å²) in [5.74, 6) is -0.105. The zero-order valence-electron chi connectivity index (χ0n) is 11.3. The second-order valence-electron chi connectivity index (χ2n) is 5.63. The number of halogens is 4. The van der Waals surface area contributed by atoms with Crippen LogP contribution in [0.4, 0.5) is 13.2 Å². The highest BCUT2D eigenvalue weighted by molar-refractivity contribution is 9.09. The number of alkyl halides is 4. The molecule has 1 aromatic rings. The van der Waals surface area contributed by atoms with E-state index in [-0.39, 0.29) is 16.1 Å². The molecule has 1 aromatic carbocycles. The Morgan fingerprint density at radius 1 is 1.19 bits per heavy atom. The number of hydrogen-bond donors (Lipinski definition) is 0. The first-order valence-corrected chi connectivity index (χ1v) is 9.42. The lowest BCUT2D eigenvalue weighted by molar-refractivity contribution is -0.137. The number of hydrogen-bond acceptors (Lipinski definition) is 2. The Morgan fingerprint density at radius 3 is 2.33 bits per heavy atom. The van der Waals surface area contributed by atoms with Crippen LogP contribution in [0.15, 0.2) is 29.2 Å². The molecule has 1 aliphatic rings. The molecule has 0 unspecified atom stereocenters. The van der Waals surface area contributed by atoms with Gasteiger partial charge in [-0.25, -0.2) is 8.42 Å². The van der Waals surface area contributed by atoms with Gasteiger partial charge in [-0.15, -0.1) is 0 Å². The van der Waals surface area contributed by atoms with Gasteiger partial charge in [0.05, 0.1) is 16.2 Å². The first-order chi connectivity index (χ1) is 9.69. The lowest BCUT2D eigenvalue weighted by Crippen LogP contribution is -2.29. The fourth-order valence-electron chi connectivity index (χ4n) is 2.79. The highest BCUT2D eigenvalue weighted by atomic mass is 79.9. The summed E-state index contributed by atoms with van der Waals surface area (Å²) in [6.07, 6.45) is -1.04. The molecule has 1 saturated carbocycles. The van der Waals surface area contributed by atoms with Crippen LogP contribution in [0.25, 0.3) is 0 Å². The summed E-state index contributed by atoms with van der Waals surface area (Å²) in [6, 6.07) is 3.99. The highest BCUT2D eigenvalue weighted by Gasteiger charge is 2.38. The molecule has 0 heterocycles. The van der Waals surface area contributed by atoms with Crippen molar-refractivity contribution in [3.63, 3.8) is 0 Å². The van der Waals surface area contributed by atoms with Crippen molar-refractivity contribution in [2.45, 2.75) is 36.8 Å². The second kappa shape index (κ2) is 5.91. The highest BCUT2D eigenvalue weighted by Crippen LogP contribution is 2.42. The summed E-state index contributed by atoms with van der Waals surface area (Å²) in [5, 5.41) is 0.554. The maximum atomic E-state index is 12.7. The summed E-state index contributed by atoms with van der Waals surface area (Å²) >= 11 is 3.36. The van der Waals surface area contributed by atoms with Crippen molar-refractivity contribution in [2.75, 3.05) is 11.1 Å². The standard InChI is InChI=1S/C14H16BrF3O2S/c15-9-13(6-1-2-7-13)10-21(19,20)12-5-3-4-11(8-12)14(16,17)18/h3-5,8H,1-2,6-7,9-10H2. The molecule has 0 N–H and O–H groups in total. The van der Waals surface area contributed by atoms with Crippen LogP contribution in [0.3, 0.4) is 0 Å². The summed E-state index contributed by atoms with van der Waals surface area (Å²) in [7, 11) is -3.73. The lowest BCUT2D eigenvalue weighted by atomic mass is 9.92. The van der Waals surface area contributed by atoms with Crippen molar-refractivity contribution in [1.29, 1.82) is 0 Å². The average molecular weight is 385 g/mol. The van der Waals surface area contributed by atoms with E-state index < -0.39 is 21.6 Å². The van der Waals surface area contributed by atoms with Crippen LogP contribution in [0.5, 0.6) is 0 Å². The van der Waals surface area contributed by atoms with Crippen LogP contribution in [0, 0.1) is 5.41 Å². The molecule has 0 aliphatic heterocycles. The molecular formula is C14H16BrF3O2S. The first kappa shape index (κ1) is 16.8. The maximum Gasteiger partial charge on any atom is 0.416 e. The van der Waals surface area contributed by atoms with Gasteiger partial charge in [0, 0.05) is 5.33 Å². The molecule has 2 rings (SSSR count). The van der Waals surface area contributed by atoms with Gasteiger partial charge >= 0.3 is 6.18 Å². The van der Waals surface area contributed by atoms with Crippen molar-refractivity contribution in [2.24, 2.45) is 5.41 Å². The maximum absolute atomic E-state index is 12.7. The predicted molar refractivity (Wildman–Crippen MR) is 78.2 cm³/mol. The van der Waals surface area contributed by atoms with Crippen molar-refractivity contribution >= 4 is 25.8 Å². The Hall–Kier alpha value is -0.560. The molecule has 0 amide bonds. The molecule has 0 saturated heterocycles. The van der Waals surface area contributed by atoms with Crippen LogP contribution < -0.4 is 0 Å². The van der Waals surface area contributed by atoms with Gasteiger partial charge in [0.15, 0.2) is 9.84 Å². The molecular weight excluding hydrogens is 369 g/mol. The Kier molecular flexibility index (Phi) is 4.73. The van der Waals surface area contributed by atoms with E-state index in [1.807, 2.05) is 0 Å². The van der Waals surface area contributed by atoms with E-state index in [1.54, 1.807) is 0 Å². The fraction of sp³-hybridized carbons (Fsp3) is 0.571. The molecule has 0 atom stereocenters. The van der Waals surface area contributed by atoms with Gasteiger partial charge in [-0.05, 0) is 36.5 Å². The Balaban J connectivity index is 2.32. The quantitative estimate of drug-likeness (QED) is 0.719. The van der Waals surface area contributed by atoms with E-state index in [2.05, 4.69) is 15.9 Å². The molecule has 1 fully saturated rings. The van der Waals surface area contributed by atoms with Gasteiger partial charge in [-0.2, -0.15) is 13.2 Å². The monoisotopic (exact) mass is 384 g/mol. The Bertz CT molecular complexity index is 605. The van der Waals surface area contributed by atoms with Crippen molar-refractivity contribution in [3.05, 3.63) is 29.8 Å². The zero-order valence-corrected chi connectivity index (χ0v) is 13.7. The molecule has 118 valence electrons. The lowest BCUT2D eigenvalue weighted by Gasteiger charge is -2.26. The van der Waals surface area contributed by atoms with Crippen LogP contribution in [-0.2, 0) is 16.0 Å². The van der Waals surface area contributed by atoms with Crippen molar-refractivity contribution < 1.29 is 21.6 Å². The first-order valence-electron chi connectivity index (χ1n) is 6.65. The third-order valence-electron chi connectivity index (χ3n) is 3.96. The van der Waals surface area contributed by atoms with Crippen LogP contribution in [-0.4, -0.2) is 19.5 Å². The van der Waals surface area contributed by atoms with Gasteiger partial charge in [-0.3, -0.25) is 0 Å². The summed E-state index contributed by atoms with van der Waals surface area (Å²) in [5.41, 5.74) is -1.28. The molecule has 21 heavy (non-hydrogen) atoms. The van der Waals surface area contributed by atoms with Gasteiger partial charge in [0.1, 0.15) is 0 Å². The number of rotatable bonds is 4.